The molecule has 0 fully saturated rings. The van der Waals surface area contributed by atoms with Gasteiger partial charge in [0, 0.05) is 12.5 Å². The van der Waals surface area contributed by atoms with Crippen LogP contribution < -0.4 is 10.1 Å². The Kier molecular flexibility index (Phi) is 5.85. The van der Waals surface area contributed by atoms with E-state index in [0.717, 1.165) is 11.3 Å². The Bertz CT molecular complexity index is 746. The molecule has 6 nitrogen and oxygen atoms in total. The molecule has 0 saturated carbocycles. The van der Waals surface area contributed by atoms with Gasteiger partial charge in [-0.3, -0.25) is 4.79 Å². The van der Waals surface area contributed by atoms with Crippen LogP contribution in [0, 0.1) is 0 Å². The molecule has 6 heteroatoms. The van der Waals surface area contributed by atoms with Crippen LogP contribution in [0.2, 0.25) is 0 Å². The van der Waals surface area contributed by atoms with E-state index in [1.807, 2.05) is 45.0 Å². The molecule has 0 spiro atoms. The van der Waals surface area contributed by atoms with Crippen molar-refractivity contribution >= 4 is 11.9 Å². The number of nitrogens with one attached hydrogen (secondary N) is 1. The number of hydrogen-bond acceptors (Lipinski definition) is 4. The second-order valence-electron chi connectivity index (χ2n) is 6.04. The molecule has 0 radical (unpaired) electrons. The van der Waals surface area contributed by atoms with Gasteiger partial charge < -0.3 is 19.6 Å². The number of amides is 1. The Balaban J connectivity index is 2.08. The summed E-state index contributed by atoms with van der Waals surface area (Å²) in [5.74, 6) is -0.492. The van der Waals surface area contributed by atoms with Gasteiger partial charge in [0.25, 0.3) is 5.91 Å². The first-order valence-electron chi connectivity index (χ1n) is 8.25. The molecule has 2 N–H and O–H groups in total. The average Bonchev–Trinajstić information content (AvgIpc) is 2.99. The number of carboxylic acids is 1. The molecule has 1 aromatic heterocycles. The Morgan fingerprint density at radius 2 is 1.84 bits per heavy atom. The van der Waals surface area contributed by atoms with E-state index in [9.17, 15) is 9.59 Å². The fourth-order valence-electron chi connectivity index (χ4n) is 2.44. The lowest BCUT2D eigenvalue weighted by Crippen LogP contribution is -2.26. The van der Waals surface area contributed by atoms with Gasteiger partial charge in [-0.15, -0.1) is 0 Å². The number of carboxylic acid groups (broad SMARTS) is 1. The fourth-order valence-corrected chi connectivity index (χ4v) is 2.44. The van der Waals surface area contributed by atoms with Crippen LogP contribution in [0.3, 0.4) is 0 Å². The lowest BCUT2D eigenvalue weighted by molar-refractivity contribution is 0.0694. The first-order valence-corrected chi connectivity index (χ1v) is 8.25. The van der Waals surface area contributed by atoms with Crippen LogP contribution in [-0.2, 0) is 6.42 Å². The molecule has 1 atom stereocenters. The average molecular weight is 345 g/mol. The molecule has 1 aromatic carbocycles. The van der Waals surface area contributed by atoms with Crippen LogP contribution in [-0.4, -0.2) is 23.1 Å². The molecule has 25 heavy (non-hydrogen) atoms. The minimum atomic E-state index is -1.10. The van der Waals surface area contributed by atoms with E-state index in [1.54, 1.807) is 6.92 Å². The van der Waals surface area contributed by atoms with Gasteiger partial charge >= 0.3 is 5.97 Å². The summed E-state index contributed by atoms with van der Waals surface area (Å²) in [5.41, 5.74) is 0.931. The molecule has 1 unspecified atom stereocenters. The summed E-state index contributed by atoms with van der Waals surface area (Å²) in [6, 6.07) is 8.47. The maximum absolute atomic E-state index is 12.3. The molecule has 0 aliphatic heterocycles. The zero-order valence-corrected chi connectivity index (χ0v) is 14.8. The van der Waals surface area contributed by atoms with Crippen LogP contribution in [0.4, 0.5) is 0 Å². The molecule has 0 saturated heterocycles. The van der Waals surface area contributed by atoms with Gasteiger partial charge in [-0.1, -0.05) is 19.1 Å². The molecular formula is C19H23NO5. The maximum Gasteiger partial charge on any atom is 0.339 e. The third-order valence-electron chi connectivity index (χ3n) is 3.68. The minimum absolute atomic E-state index is 0.000797. The van der Waals surface area contributed by atoms with E-state index in [4.69, 9.17) is 14.3 Å². The molecule has 0 aliphatic carbocycles. The van der Waals surface area contributed by atoms with E-state index in [1.165, 1.54) is 6.07 Å². The first kappa shape index (κ1) is 18.6. The molecule has 0 aliphatic rings. The number of benzene rings is 1. The van der Waals surface area contributed by atoms with E-state index in [-0.39, 0.29) is 23.5 Å². The van der Waals surface area contributed by atoms with Crippen molar-refractivity contribution in [2.75, 3.05) is 0 Å². The van der Waals surface area contributed by atoms with E-state index in [2.05, 4.69) is 5.32 Å². The van der Waals surface area contributed by atoms with Gasteiger partial charge in [-0.2, -0.15) is 0 Å². The van der Waals surface area contributed by atoms with Crippen molar-refractivity contribution in [3.8, 4) is 5.75 Å². The quantitative estimate of drug-likeness (QED) is 0.796. The van der Waals surface area contributed by atoms with E-state index < -0.39 is 11.9 Å². The molecule has 1 amide bonds. The number of carbonyl (C=O) groups excluding carboxylic acids is 1. The lowest BCUT2D eigenvalue weighted by Gasteiger charge is -2.15. The molecule has 2 rings (SSSR count). The number of ether oxygens (including phenoxy) is 1. The number of aromatic carboxylic acids is 1. The van der Waals surface area contributed by atoms with Crippen LogP contribution in [0.25, 0.3) is 0 Å². The normalized spacial score (nSPS) is 12.0. The highest BCUT2D eigenvalue weighted by molar-refractivity contribution is 5.96. The summed E-state index contributed by atoms with van der Waals surface area (Å²) in [6.45, 7) is 7.53. The lowest BCUT2D eigenvalue weighted by atomic mass is 10.1. The van der Waals surface area contributed by atoms with Crippen molar-refractivity contribution in [3.05, 3.63) is 53.0 Å². The Hall–Kier alpha value is -2.76. The third kappa shape index (κ3) is 4.62. The summed E-state index contributed by atoms with van der Waals surface area (Å²) >= 11 is 0. The summed E-state index contributed by atoms with van der Waals surface area (Å²) in [5, 5.41) is 11.9. The SMILES string of the molecule is CCc1oc(C(=O)NC(C)c2ccc(OC(C)C)cc2)cc1C(=O)O. The van der Waals surface area contributed by atoms with Crippen molar-refractivity contribution in [1.29, 1.82) is 0 Å². The molecule has 0 bridgehead atoms. The fraction of sp³-hybridized carbons (Fsp3) is 0.368. The second kappa shape index (κ2) is 7.88. The largest absolute Gasteiger partial charge is 0.491 e. The number of hydrogen-bond donors (Lipinski definition) is 2. The Morgan fingerprint density at radius 1 is 1.20 bits per heavy atom. The van der Waals surface area contributed by atoms with Crippen molar-refractivity contribution < 1.29 is 23.8 Å². The highest BCUT2D eigenvalue weighted by Crippen LogP contribution is 2.20. The number of furan rings is 1. The number of rotatable bonds is 7. The smallest absolute Gasteiger partial charge is 0.339 e. The summed E-state index contributed by atoms with van der Waals surface area (Å²) < 4.78 is 11.0. The van der Waals surface area contributed by atoms with Crippen LogP contribution >= 0.6 is 0 Å². The van der Waals surface area contributed by atoms with Crippen LogP contribution in [0.1, 0.15) is 66.0 Å². The Morgan fingerprint density at radius 3 is 2.32 bits per heavy atom. The van der Waals surface area contributed by atoms with Gasteiger partial charge in [0.15, 0.2) is 5.76 Å². The monoisotopic (exact) mass is 345 g/mol. The zero-order valence-electron chi connectivity index (χ0n) is 14.8. The van der Waals surface area contributed by atoms with Gasteiger partial charge in [0.05, 0.1) is 12.1 Å². The molecule has 1 heterocycles. The van der Waals surface area contributed by atoms with Gasteiger partial charge in [0.1, 0.15) is 17.1 Å². The standard InChI is InChI=1S/C19H23NO5/c1-5-16-15(19(22)23)10-17(25-16)18(21)20-12(4)13-6-8-14(9-7-13)24-11(2)3/h6-12H,5H2,1-4H3,(H,20,21)(H,22,23). The zero-order chi connectivity index (χ0) is 18.6. The highest BCUT2D eigenvalue weighted by atomic mass is 16.5. The van der Waals surface area contributed by atoms with Crippen LogP contribution in [0.5, 0.6) is 5.75 Å². The van der Waals surface area contributed by atoms with Crippen molar-refractivity contribution in [3.63, 3.8) is 0 Å². The first-order chi connectivity index (χ1) is 11.8. The molecular weight excluding hydrogens is 322 g/mol. The topological polar surface area (TPSA) is 88.8 Å². The number of carbonyl (C=O) groups is 2. The maximum atomic E-state index is 12.3. The van der Waals surface area contributed by atoms with Crippen molar-refractivity contribution in [2.24, 2.45) is 0 Å². The number of aryl methyl sites for hydroxylation is 1. The third-order valence-corrected chi connectivity index (χ3v) is 3.68. The van der Waals surface area contributed by atoms with E-state index in [0.29, 0.717) is 12.2 Å². The highest BCUT2D eigenvalue weighted by Gasteiger charge is 2.21. The van der Waals surface area contributed by atoms with Gasteiger partial charge in [0.2, 0.25) is 0 Å². The predicted octanol–water partition coefficient (Wildman–Crippen LogP) is 3.82. The minimum Gasteiger partial charge on any atom is -0.491 e. The van der Waals surface area contributed by atoms with Crippen LogP contribution in [0.15, 0.2) is 34.7 Å². The summed E-state index contributed by atoms with van der Waals surface area (Å²) in [7, 11) is 0. The van der Waals surface area contributed by atoms with E-state index >= 15 is 0 Å². The van der Waals surface area contributed by atoms with Gasteiger partial charge in [-0.05, 0) is 38.5 Å². The molecule has 134 valence electrons. The molecule has 2 aromatic rings. The Labute approximate surface area is 146 Å². The van der Waals surface area contributed by atoms with Gasteiger partial charge in [-0.25, -0.2) is 4.79 Å². The van der Waals surface area contributed by atoms with Crippen molar-refractivity contribution in [1.82, 2.24) is 5.32 Å². The summed E-state index contributed by atoms with van der Waals surface area (Å²) in [4.78, 5) is 23.5. The van der Waals surface area contributed by atoms with Crippen molar-refractivity contribution in [2.45, 2.75) is 46.3 Å². The summed E-state index contributed by atoms with van der Waals surface area (Å²) in [6.07, 6.45) is 0.500. The second-order valence-corrected chi connectivity index (χ2v) is 6.04. The predicted molar refractivity (Wildman–Crippen MR) is 93.1 cm³/mol.